The van der Waals surface area contributed by atoms with Crippen LogP contribution >= 0.6 is 0 Å². The number of nitrogens with two attached hydrogens (primary N) is 1. The molecule has 94 valence electrons. The van der Waals surface area contributed by atoms with Gasteiger partial charge in [0.1, 0.15) is 0 Å². The van der Waals surface area contributed by atoms with Crippen LogP contribution in [0.25, 0.3) is 0 Å². The van der Waals surface area contributed by atoms with E-state index >= 15 is 0 Å². The van der Waals surface area contributed by atoms with Crippen molar-refractivity contribution in [1.29, 1.82) is 0 Å². The maximum absolute atomic E-state index is 6.18. The van der Waals surface area contributed by atoms with Crippen LogP contribution in [0.4, 0.5) is 0 Å². The zero-order chi connectivity index (χ0) is 11.5. The summed E-state index contributed by atoms with van der Waals surface area (Å²) >= 11 is 0. The lowest BCUT2D eigenvalue weighted by Gasteiger charge is -2.41. The number of hydrogen-bond acceptors (Lipinski definition) is 2. The first-order valence-corrected chi connectivity index (χ1v) is 7.22. The Morgan fingerprint density at radius 1 is 1.25 bits per heavy atom. The molecule has 0 bridgehead atoms. The molecule has 0 amide bonds. The summed E-state index contributed by atoms with van der Waals surface area (Å²) in [7, 11) is 0. The van der Waals surface area contributed by atoms with E-state index in [1.807, 2.05) is 0 Å². The SMILES string of the molecule is CCC1CN(C(C)C2CCCC2)CCC1N. The zero-order valence-corrected chi connectivity index (χ0v) is 11.0. The Bertz CT molecular complexity index is 211. The van der Waals surface area contributed by atoms with Crippen LogP contribution in [0.2, 0.25) is 0 Å². The highest BCUT2D eigenvalue weighted by molar-refractivity contribution is 4.87. The topological polar surface area (TPSA) is 29.3 Å². The molecule has 3 atom stereocenters. The van der Waals surface area contributed by atoms with Crippen molar-refractivity contribution in [3.05, 3.63) is 0 Å². The van der Waals surface area contributed by atoms with Crippen LogP contribution in [-0.2, 0) is 0 Å². The maximum atomic E-state index is 6.18. The minimum absolute atomic E-state index is 0.456. The Kier molecular flexibility index (Phi) is 4.26. The molecule has 2 rings (SSSR count). The highest BCUT2D eigenvalue weighted by atomic mass is 15.2. The number of piperidine rings is 1. The molecule has 0 aromatic rings. The predicted molar refractivity (Wildman–Crippen MR) is 69.4 cm³/mol. The second-order valence-corrected chi connectivity index (χ2v) is 5.90. The summed E-state index contributed by atoms with van der Waals surface area (Å²) in [5.74, 6) is 1.70. The van der Waals surface area contributed by atoms with Gasteiger partial charge in [0, 0.05) is 18.6 Å². The van der Waals surface area contributed by atoms with Gasteiger partial charge in [-0.15, -0.1) is 0 Å². The zero-order valence-electron chi connectivity index (χ0n) is 11.0. The Balaban J connectivity index is 1.89. The van der Waals surface area contributed by atoms with Gasteiger partial charge in [0.05, 0.1) is 0 Å². The van der Waals surface area contributed by atoms with Gasteiger partial charge in [0.15, 0.2) is 0 Å². The molecule has 1 heterocycles. The third-order valence-corrected chi connectivity index (χ3v) is 5.01. The predicted octanol–water partition coefficient (Wildman–Crippen LogP) is 2.62. The average molecular weight is 224 g/mol. The fourth-order valence-corrected chi connectivity index (χ4v) is 3.62. The maximum Gasteiger partial charge on any atom is 0.00953 e. The van der Waals surface area contributed by atoms with E-state index in [0.717, 1.165) is 17.9 Å². The molecule has 2 fully saturated rings. The summed E-state index contributed by atoms with van der Waals surface area (Å²) in [4.78, 5) is 2.72. The van der Waals surface area contributed by atoms with E-state index in [2.05, 4.69) is 18.7 Å². The highest BCUT2D eigenvalue weighted by Gasteiger charge is 2.32. The van der Waals surface area contributed by atoms with Crippen molar-refractivity contribution in [3.8, 4) is 0 Å². The molecule has 2 N–H and O–H groups in total. The molecule has 0 aromatic heterocycles. The van der Waals surface area contributed by atoms with Crippen LogP contribution in [0.3, 0.4) is 0 Å². The second-order valence-electron chi connectivity index (χ2n) is 5.90. The van der Waals surface area contributed by atoms with E-state index in [0.29, 0.717) is 6.04 Å². The average Bonchev–Trinajstić information content (AvgIpc) is 2.82. The van der Waals surface area contributed by atoms with E-state index in [1.54, 1.807) is 0 Å². The lowest BCUT2D eigenvalue weighted by Crippen LogP contribution is -2.51. The van der Waals surface area contributed by atoms with Crippen LogP contribution in [0.1, 0.15) is 52.4 Å². The summed E-state index contributed by atoms with van der Waals surface area (Å²) in [6, 6.07) is 1.25. The van der Waals surface area contributed by atoms with Crippen molar-refractivity contribution in [1.82, 2.24) is 4.90 Å². The van der Waals surface area contributed by atoms with Crippen LogP contribution in [0.15, 0.2) is 0 Å². The van der Waals surface area contributed by atoms with Crippen LogP contribution < -0.4 is 5.73 Å². The molecule has 1 aliphatic heterocycles. The summed E-state index contributed by atoms with van der Waals surface area (Å²) in [5.41, 5.74) is 6.18. The number of likely N-dealkylation sites (tertiary alicyclic amines) is 1. The van der Waals surface area contributed by atoms with Gasteiger partial charge in [-0.25, -0.2) is 0 Å². The Morgan fingerprint density at radius 3 is 2.56 bits per heavy atom. The Morgan fingerprint density at radius 2 is 1.94 bits per heavy atom. The standard InChI is InChI=1S/C14H28N2/c1-3-12-10-16(9-8-14(12)15)11(2)13-6-4-5-7-13/h11-14H,3-10,15H2,1-2H3. The highest BCUT2D eigenvalue weighted by Crippen LogP contribution is 2.32. The van der Waals surface area contributed by atoms with Crippen molar-refractivity contribution in [2.24, 2.45) is 17.6 Å². The minimum Gasteiger partial charge on any atom is -0.327 e. The largest absolute Gasteiger partial charge is 0.327 e. The molecule has 0 spiro atoms. The molecule has 0 aromatic carbocycles. The molecular formula is C14H28N2. The molecule has 16 heavy (non-hydrogen) atoms. The van der Waals surface area contributed by atoms with Crippen molar-refractivity contribution in [3.63, 3.8) is 0 Å². The molecule has 2 heteroatoms. The Hall–Kier alpha value is -0.0800. The fourth-order valence-electron chi connectivity index (χ4n) is 3.62. The Labute approximate surface area is 101 Å². The van der Waals surface area contributed by atoms with Crippen LogP contribution in [-0.4, -0.2) is 30.1 Å². The number of rotatable bonds is 3. The van der Waals surface area contributed by atoms with Gasteiger partial charge in [0.2, 0.25) is 0 Å². The lowest BCUT2D eigenvalue weighted by atomic mass is 9.88. The summed E-state index contributed by atoms with van der Waals surface area (Å²) in [5, 5.41) is 0. The summed E-state index contributed by atoms with van der Waals surface area (Å²) in [6.07, 6.45) is 8.28. The van der Waals surface area contributed by atoms with Gasteiger partial charge in [-0.2, -0.15) is 0 Å². The number of hydrogen-bond donors (Lipinski definition) is 1. The van der Waals surface area contributed by atoms with Crippen molar-refractivity contribution >= 4 is 0 Å². The first-order chi connectivity index (χ1) is 7.72. The van der Waals surface area contributed by atoms with Crippen molar-refractivity contribution < 1.29 is 0 Å². The fraction of sp³-hybridized carbons (Fsp3) is 1.00. The van der Waals surface area contributed by atoms with Gasteiger partial charge in [-0.1, -0.05) is 26.2 Å². The van der Waals surface area contributed by atoms with Gasteiger partial charge in [-0.3, -0.25) is 4.90 Å². The van der Waals surface area contributed by atoms with E-state index in [-0.39, 0.29) is 0 Å². The first-order valence-electron chi connectivity index (χ1n) is 7.22. The van der Waals surface area contributed by atoms with Crippen molar-refractivity contribution in [2.75, 3.05) is 13.1 Å². The first kappa shape index (κ1) is 12.4. The van der Waals surface area contributed by atoms with Crippen molar-refractivity contribution in [2.45, 2.75) is 64.5 Å². The van der Waals surface area contributed by atoms with E-state index < -0.39 is 0 Å². The van der Waals surface area contributed by atoms with E-state index in [1.165, 1.54) is 51.6 Å². The van der Waals surface area contributed by atoms with Crippen LogP contribution in [0.5, 0.6) is 0 Å². The third kappa shape index (κ3) is 2.60. The second kappa shape index (κ2) is 5.50. The normalized spacial score (nSPS) is 35.4. The molecule has 1 saturated carbocycles. The molecule has 1 aliphatic carbocycles. The van der Waals surface area contributed by atoms with Gasteiger partial charge < -0.3 is 5.73 Å². The smallest absolute Gasteiger partial charge is 0.00953 e. The lowest BCUT2D eigenvalue weighted by molar-refractivity contribution is 0.0848. The third-order valence-electron chi connectivity index (χ3n) is 5.01. The quantitative estimate of drug-likeness (QED) is 0.798. The summed E-state index contributed by atoms with van der Waals surface area (Å²) in [6.45, 7) is 7.21. The molecule has 1 saturated heterocycles. The molecule has 2 aliphatic rings. The monoisotopic (exact) mass is 224 g/mol. The van der Waals surface area contributed by atoms with E-state index in [9.17, 15) is 0 Å². The molecular weight excluding hydrogens is 196 g/mol. The molecule has 0 radical (unpaired) electrons. The summed E-state index contributed by atoms with van der Waals surface area (Å²) < 4.78 is 0. The molecule has 3 unspecified atom stereocenters. The number of nitrogens with zero attached hydrogens (tertiary/aromatic N) is 1. The van der Waals surface area contributed by atoms with Gasteiger partial charge >= 0.3 is 0 Å². The van der Waals surface area contributed by atoms with Gasteiger partial charge in [-0.05, 0) is 44.6 Å². The molecule has 2 nitrogen and oxygen atoms in total. The van der Waals surface area contributed by atoms with E-state index in [4.69, 9.17) is 5.73 Å². The van der Waals surface area contributed by atoms with Gasteiger partial charge in [0.25, 0.3) is 0 Å². The minimum atomic E-state index is 0.456. The van der Waals surface area contributed by atoms with Crippen LogP contribution in [0, 0.1) is 11.8 Å².